The highest BCUT2D eigenvalue weighted by molar-refractivity contribution is 5.81. The Morgan fingerprint density at radius 1 is 1.22 bits per heavy atom. The van der Waals surface area contributed by atoms with Crippen molar-refractivity contribution in [3.8, 4) is 0 Å². The molecule has 2 aliphatic carbocycles. The maximum Gasteiger partial charge on any atom is 0.223 e. The van der Waals surface area contributed by atoms with E-state index in [0.29, 0.717) is 31.8 Å². The predicted molar refractivity (Wildman–Crippen MR) is 68.7 cm³/mol. The van der Waals surface area contributed by atoms with Crippen LogP contribution in [-0.4, -0.2) is 30.9 Å². The first-order valence-electron chi connectivity index (χ1n) is 6.98. The third-order valence-corrected chi connectivity index (χ3v) is 3.62. The van der Waals surface area contributed by atoms with Crippen LogP contribution in [0.25, 0.3) is 0 Å². The molecule has 102 valence electrons. The van der Waals surface area contributed by atoms with Gasteiger partial charge in [-0.1, -0.05) is 0 Å². The lowest BCUT2D eigenvalue weighted by Crippen LogP contribution is -2.41. The summed E-state index contributed by atoms with van der Waals surface area (Å²) in [6.45, 7) is 1.12. The molecule has 5 heteroatoms. The summed E-state index contributed by atoms with van der Waals surface area (Å²) in [5, 5.41) is 5.83. The monoisotopic (exact) mass is 253 g/mol. The highest BCUT2D eigenvalue weighted by atomic mass is 16.2. The van der Waals surface area contributed by atoms with Crippen LogP contribution in [0.3, 0.4) is 0 Å². The van der Waals surface area contributed by atoms with E-state index in [1.54, 1.807) is 0 Å². The van der Waals surface area contributed by atoms with Crippen molar-refractivity contribution < 1.29 is 9.59 Å². The van der Waals surface area contributed by atoms with Gasteiger partial charge in [-0.3, -0.25) is 9.59 Å². The molecule has 0 aromatic rings. The highest BCUT2D eigenvalue weighted by Gasteiger charge is 2.31. The van der Waals surface area contributed by atoms with Gasteiger partial charge in [0.2, 0.25) is 11.8 Å². The molecular weight excluding hydrogens is 230 g/mol. The number of carbonyl (C=O) groups is 2. The van der Waals surface area contributed by atoms with Gasteiger partial charge in [-0.05, 0) is 38.0 Å². The number of hydrogen-bond donors (Lipinski definition) is 3. The minimum absolute atomic E-state index is 0.0537. The molecule has 4 N–H and O–H groups in total. The Balaban J connectivity index is 1.52. The fraction of sp³-hybridized carbons (Fsp3) is 0.846. The van der Waals surface area contributed by atoms with E-state index >= 15 is 0 Å². The number of rotatable bonds is 8. The summed E-state index contributed by atoms with van der Waals surface area (Å²) in [4.78, 5) is 23.0. The molecule has 0 bridgehead atoms. The van der Waals surface area contributed by atoms with Gasteiger partial charge in [-0.15, -0.1) is 0 Å². The third kappa shape index (κ3) is 4.29. The van der Waals surface area contributed by atoms with Gasteiger partial charge in [0.25, 0.3) is 0 Å². The van der Waals surface area contributed by atoms with E-state index in [-0.39, 0.29) is 23.8 Å². The van der Waals surface area contributed by atoms with Gasteiger partial charge < -0.3 is 16.4 Å². The van der Waals surface area contributed by atoms with Gasteiger partial charge in [-0.25, -0.2) is 0 Å². The highest BCUT2D eigenvalue weighted by Crippen LogP contribution is 2.32. The fourth-order valence-electron chi connectivity index (χ4n) is 2.10. The van der Waals surface area contributed by atoms with E-state index in [1.165, 1.54) is 12.8 Å². The molecule has 2 amide bonds. The Kier molecular flexibility index (Phi) is 4.58. The number of nitrogens with one attached hydrogen (secondary N) is 2. The molecule has 1 atom stereocenters. The molecule has 0 aromatic heterocycles. The van der Waals surface area contributed by atoms with Crippen molar-refractivity contribution in [1.29, 1.82) is 0 Å². The van der Waals surface area contributed by atoms with Crippen LogP contribution in [0.15, 0.2) is 0 Å². The average Bonchev–Trinajstić information content (AvgIpc) is 3.20. The number of carbonyl (C=O) groups excluding carboxylic acids is 2. The smallest absolute Gasteiger partial charge is 0.223 e. The largest absolute Gasteiger partial charge is 0.356 e. The van der Waals surface area contributed by atoms with E-state index in [0.717, 1.165) is 12.8 Å². The number of hydrogen-bond acceptors (Lipinski definition) is 3. The van der Waals surface area contributed by atoms with Gasteiger partial charge in [0.15, 0.2) is 0 Å². The Morgan fingerprint density at radius 3 is 2.50 bits per heavy atom. The van der Waals surface area contributed by atoms with Crippen molar-refractivity contribution in [3.05, 3.63) is 0 Å². The summed E-state index contributed by atoms with van der Waals surface area (Å²) in [6.07, 6.45) is 5.57. The van der Waals surface area contributed by atoms with Crippen LogP contribution >= 0.6 is 0 Å². The van der Waals surface area contributed by atoms with Crippen molar-refractivity contribution in [3.63, 3.8) is 0 Å². The molecule has 0 heterocycles. The third-order valence-electron chi connectivity index (χ3n) is 3.62. The molecule has 0 radical (unpaired) electrons. The summed E-state index contributed by atoms with van der Waals surface area (Å²) in [5.74, 6) is 1.04. The van der Waals surface area contributed by atoms with E-state index < -0.39 is 0 Å². The Hall–Kier alpha value is -1.10. The molecule has 0 saturated heterocycles. The van der Waals surface area contributed by atoms with Crippen molar-refractivity contribution in [1.82, 2.24) is 10.6 Å². The minimum Gasteiger partial charge on any atom is -0.356 e. The topological polar surface area (TPSA) is 84.2 Å². The second-order valence-corrected chi connectivity index (χ2v) is 5.42. The molecule has 1 unspecified atom stereocenters. The zero-order chi connectivity index (χ0) is 13.0. The Labute approximate surface area is 108 Å². The zero-order valence-corrected chi connectivity index (χ0v) is 10.8. The average molecular weight is 253 g/mol. The van der Waals surface area contributed by atoms with Gasteiger partial charge in [-0.2, -0.15) is 0 Å². The lowest BCUT2D eigenvalue weighted by molar-refractivity contribution is -0.124. The van der Waals surface area contributed by atoms with E-state index in [9.17, 15) is 9.59 Å². The molecule has 2 fully saturated rings. The molecule has 2 rings (SSSR count). The lowest BCUT2D eigenvalue weighted by atomic mass is 10.1. The second-order valence-electron chi connectivity index (χ2n) is 5.42. The maximum absolute atomic E-state index is 11.7. The van der Waals surface area contributed by atoms with Crippen LogP contribution in [0.2, 0.25) is 0 Å². The molecule has 2 aliphatic rings. The molecule has 18 heavy (non-hydrogen) atoms. The number of nitrogens with two attached hydrogens (primary N) is 1. The van der Waals surface area contributed by atoms with Gasteiger partial charge in [0.05, 0.1) is 0 Å². The second kappa shape index (κ2) is 6.18. The summed E-state index contributed by atoms with van der Waals surface area (Å²) in [5.41, 5.74) is 5.63. The number of amides is 2. The van der Waals surface area contributed by atoms with Gasteiger partial charge in [0.1, 0.15) is 0 Å². The first-order chi connectivity index (χ1) is 8.70. The summed E-state index contributed by atoms with van der Waals surface area (Å²) in [7, 11) is 0. The molecular formula is C13H23N3O2. The Morgan fingerprint density at radius 2 is 1.94 bits per heavy atom. The standard InChI is InChI=1S/C13H23N3O2/c14-8-11(9-3-4-9)16-12(17)2-1-7-15-13(18)10-5-6-10/h9-11H,1-8,14H2,(H,15,18)(H,16,17). The van der Waals surface area contributed by atoms with Crippen molar-refractivity contribution in [2.45, 2.75) is 44.6 Å². The van der Waals surface area contributed by atoms with Crippen molar-refractivity contribution in [2.24, 2.45) is 17.6 Å². The molecule has 0 aliphatic heterocycles. The van der Waals surface area contributed by atoms with Crippen LogP contribution in [0, 0.1) is 11.8 Å². The quantitative estimate of drug-likeness (QED) is 0.538. The normalized spacial score (nSPS) is 20.3. The maximum atomic E-state index is 11.7. The molecule has 0 spiro atoms. The summed E-state index contributed by atoms with van der Waals surface area (Å²) in [6, 6.07) is 0.151. The fourth-order valence-corrected chi connectivity index (χ4v) is 2.10. The molecule has 0 aromatic carbocycles. The molecule has 2 saturated carbocycles. The van der Waals surface area contributed by atoms with E-state index in [1.807, 2.05) is 0 Å². The summed E-state index contributed by atoms with van der Waals surface area (Å²) >= 11 is 0. The minimum atomic E-state index is 0.0537. The van der Waals surface area contributed by atoms with Crippen LogP contribution in [0.5, 0.6) is 0 Å². The predicted octanol–water partition coefficient (Wildman–Crippen LogP) is 0.146. The Bertz CT molecular complexity index is 311. The van der Waals surface area contributed by atoms with Crippen molar-refractivity contribution in [2.75, 3.05) is 13.1 Å². The van der Waals surface area contributed by atoms with Crippen LogP contribution < -0.4 is 16.4 Å². The van der Waals surface area contributed by atoms with Crippen LogP contribution in [-0.2, 0) is 9.59 Å². The molecule has 5 nitrogen and oxygen atoms in total. The van der Waals surface area contributed by atoms with Gasteiger partial charge in [0, 0.05) is 31.5 Å². The first kappa shape index (κ1) is 13.3. The van der Waals surface area contributed by atoms with E-state index in [2.05, 4.69) is 10.6 Å². The van der Waals surface area contributed by atoms with Crippen molar-refractivity contribution >= 4 is 11.8 Å². The first-order valence-corrected chi connectivity index (χ1v) is 6.98. The zero-order valence-electron chi connectivity index (χ0n) is 10.8. The van der Waals surface area contributed by atoms with E-state index in [4.69, 9.17) is 5.73 Å². The summed E-state index contributed by atoms with van der Waals surface area (Å²) < 4.78 is 0. The SMILES string of the molecule is NCC(NC(=O)CCCNC(=O)C1CC1)C1CC1. The van der Waals surface area contributed by atoms with Crippen LogP contribution in [0.1, 0.15) is 38.5 Å². The van der Waals surface area contributed by atoms with Crippen LogP contribution in [0.4, 0.5) is 0 Å². The lowest BCUT2D eigenvalue weighted by Gasteiger charge is -2.15. The van der Waals surface area contributed by atoms with Gasteiger partial charge >= 0.3 is 0 Å².